The minimum atomic E-state index is -2.17. The van der Waals surface area contributed by atoms with Crippen molar-refractivity contribution in [1.82, 2.24) is 0 Å². The van der Waals surface area contributed by atoms with Gasteiger partial charge in [0.05, 0.1) is 35.7 Å². The molecule has 1 heterocycles. The van der Waals surface area contributed by atoms with Crippen LogP contribution in [0.15, 0.2) is 90.0 Å². The number of hydrogen-bond donors (Lipinski definition) is 3. The van der Waals surface area contributed by atoms with E-state index in [1.165, 1.54) is 32.1 Å². The van der Waals surface area contributed by atoms with Crippen LogP contribution in [0.5, 0.6) is 0 Å². The molecule has 2 bridgehead atoms. The third-order valence-corrected chi connectivity index (χ3v) is 12.3. The molecule has 11 heteroatoms. The van der Waals surface area contributed by atoms with Gasteiger partial charge in [-0.2, -0.15) is 0 Å². The summed E-state index contributed by atoms with van der Waals surface area (Å²) in [7, 11) is 0. The Balaban J connectivity index is 1.38. The number of ketones is 1. The Morgan fingerprint density at radius 1 is 0.925 bits per heavy atom. The molecule has 7 rings (SSSR count). The molecule has 11 nitrogen and oxygen atoms in total. The third kappa shape index (κ3) is 5.64. The van der Waals surface area contributed by atoms with Crippen LogP contribution in [0.25, 0.3) is 16.8 Å². The van der Waals surface area contributed by atoms with E-state index < -0.39 is 82.2 Å². The van der Waals surface area contributed by atoms with Gasteiger partial charge < -0.3 is 34.3 Å². The van der Waals surface area contributed by atoms with Crippen LogP contribution in [0.2, 0.25) is 0 Å². The average Bonchev–Trinajstić information content (AvgIpc) is 3.12. The molecule has 0 spiro atoms. The highest BCUT2D eigenvalue weighted by atomic mass is 16.6. The topological polar surface area (TPSA) is 166 Å². The summed E-state index contributed by atoms with van der Waals surface area (Å²) in [6.07, 6.45) is -4.88. The zero-order valence-electron chi connectivity index (χ0n) is 30.3. The van der Waals surface area contributed by atoms with Gasteiger partial charge in [0.1, 0.15) is 17.8 Å². The van der Waals surface area contributed by atoms with Gasteiger partial charge in [-0.15, -0.1) is 0 Å². The molecule has 0 radical (unpaired) electrons. The van der Waals surface area contributed by atoms with Crippen LogP contribution < -0.4 is 0 Å². The fourth-order valence-electron chi connectivity index (χ4n) is 9.37. The van der Waals surface area contributed by atoms with Gasteiger partial charge in [0.2, 0.25) is 0 Å². The lowest BCUT2D eigenvalue weighted by Gasteiger charge is -2.67. The maximum absolute atomic E-state index is 15.4. The summed E-state index contributed by atoms with van der Waals surface area (Å²) in [6, 6.07) is 21.5. The van der Waals surface area contributed by atoms with E-state index in [9.17, 15) is 29.7 Å². The van der Waals surface area contributed by atoms with E-state index in [1.54, 1.807) is 45.0 Å². The highest BCUT2D eigenvalue weighted by molar-refractivity contribution is 5.97. The maximum atomic E-state index is 15.4. The van der Waals surface area contributed by atoms with Crippen molar-refractivity contribution in [2.75, 3.05) is 6.61 Å². The molecule has 0 amide bonds. The molecular formula is C42H44O11. The van der Waals surface area contributed by atoms with E-state index in [4.69, 9.17) is 18.9 Å². The molecule has 4 aliphatic rings. The predicted molar refractivity (Wildman–Crippen MR) is 192 cm³/mol. The minimum Gasteiger partial charge on any atom is -0.455 e. The van der Waals surface area contributed by atoms with Gasteiger partial charge in [-0.25, -0.2) is 9.59 Å². The molecule has 3 N–H and O–H groups in total. The number of aliphatic hydroxyl groups is 3. The van der Waals surface area contributed by atoms with Crippen LogP contribution in [-0.2, 0) is 33.3 Å². The first kappa shape index (κ1) is 36.7. The SMILES string of the molecule is CC(=O)O[C@@]12CO[C@@H]1C[C@H](O)[C@@]1(C)C(=O)[C@H](OC(=O)/C=C/c3ccc4ccccc4c3)C3=C(C)[C@@H](O)C[C@@](O)([C@@H](OC(=O)c4ccccc4)[C@H]21)C3(C)C. The molecule has 2 saturated carbocycles. The number of aliphatic hydroxyl groups excluding tert-OH is 2. The summed E-state index contributed by atoms with van der Waals surface area (Å²) < 4.78 is 24.2. The number of Topliss-reactive ketones (excluding diaryl/α,β-unsaturated/α-hetero) is 1. The number of fused-ring (bicyclic) bond motifs is 6. The van der Waals surface area contributed by atoms with Crippen LogP contribution in [0.3, 0.4) is 0 Å². The quantitative estimate of drug-likeness (QED) is 0.142. The monoisotopic (exact) mass is 724 g/mol. The van der Waals surface area contributed by atoms with Crippen molar-refractivity contribution < 1.29 is 53.4 Å². The number of rotatable bonds is 6. The fraction of sp³-hybridized carbons (Fsp3) is 0.429. The summed E-state index contributed by atoms with van der Waals surface area (Å²) >= 11 is 0. The minimum absolute atomic E-state index is 0.123. The fourth-order valence-corrected chi connectivity index (χ4v) is 9.37. The van der Waals surface area contributed by atoms with Gasteiger partial charge in [0, 0.05) is 31.3 Å². The Morgan fingerprint density at radius 3 is 2.26 bits per heavy atom. The number of esters is 3. The summed E-state index contributed by atoms with van der Waals surface area (Å²) in [4.78, 5) is 55.9. The van der Waals surface area contributed by atoms with Crippen molar-refractivity contribution in [2.24, 2.45) is 16.7 Å². The molecule has 3 aromatic carbocycles. The normalized spacial score (nSPS) is 34.6. The molecule has 3 aliphatic carbocycles. The number of carbonyl (C=O) groups is 4. The Hall–Kier alpha value is -4.68. The van der Waals surface area contributed by atoms with E-state index in [2.05, 4.69) is 0 Å². The first-order valence-electron chi connectivity index (χ1n) is 17.8. The summed E-state index contributed by atoms with van der Waals surface area (Å²) in [5, 5.41) is 38.8. The lowest BCUT2D eigenvalue weighted by atomic mass is 9.44. The van der Waals surface area contributed by atoms with E-state index in [1.807, 2.05) is 42.5 Å². The Kier molecular flexibility index (Phi) is 9.01. The van der Waals surface area contributed by atoms with Gasteiger partial charge in [-0.1, -0.05) is 68.4 Å². The highest BCUT2D eigenvalue weighted by Crippen LogP contribution is 2.64. The van der Waals surface area contributed by atoms with Crippen LogP contribution in [0.1, 0.15) is 63.4 Å². The number of hydrogen-bond acceptors (Lipinski definition) is 11. The molecule has 278 valence electrons. The van der Waals surface area contributed by atoms with Gasteiger partial charge in [0.15, 0.2) is 17.5 Å². The van der Waals surface area contributed by atoms with Crippen molar-refractivity contribution in [1.29, 1.82) is 0 Å². The Labute approximate surface area is 307 Å². The first-order valence-corrected chi connectivity index (χ1v) is 17.8. The molecule has 3 fully saturated rings. The Morgan fingerprint density at radius 2 is 1.60 bits per heavy atom. The van der Waals surface area contributed by atoms with Crippen molar-refractivity contribution in [3.8, 4) is 0 Å². The standard InChI is InChI=1S/C42H44O11/c1-23-29(44)21-42(49)37(52-38(48)27-12-7-6-8-13-27)35-40(5,30(45)20-31-41(35,22-50-31)53-24(2)43)36(47)34(33(23)39(42,3)4)51-32(46)18-16-25-15-17-26-11-9-10-14-28(26)19-25/h6-19,29-31,34-35,37,44-45,49H,20-22H2,1-5H3/b18-16+/t29-,30-,31+,34+,35-,37-,40+,41-,42+/m0/s1. The number of benzene rings is 3. The molecule has 9 atom stereocenters. The van der Waals surface area contributed by atoms with Crippen LogP contribution in [-0.4, -0.2) is 87.3 Å². The molecule has 0 aromatic heterocycles. The summed E-state index contributed by atoms with van der Waals surface area (Å²) in [6.45, 7) is 7.30. The smallest absolute Gasteiger partial charge is 0.338 e. The van der Waals surface area contributed by atoms with Crippen molar-refractivity contribution >= 4 is 40.5 Å². The Bertz CT molecular complexity index is 2050. The van der Waals surface area contributed by atoms with E-state index in [0.29, 0.717) is 11.1 Å². The van der Waals surface area contributed by atoms with Crippen molar-refractivity contribution in [2.45, 2.75) is 89.2 Å². The molecule has 1 aliphatic heterocycles. The lowest BCUT2D eigenvalue weighted by Crippen LogP contribution is -2.81. The predicted octanol–water partition coefficient (Wildman–Crippen LogP) is 4.50. The summed E-state index contributed by atoms with van der Waals surface area (Å²) in [5.41, 5.74) is -6.01. The largest absolute Gasteiger partial charge is 0.455 e. The maximum Gasteiger partial charge on any atom is 0.338 e. The third-order valence-electron chi connectivity index (χ3n) is 12.3. The van der Waals surface area contributed by atoms with Gasteiger partial charge in [0.25, 0.3) is 0 Å². The van der Waals surface area contributed by atoms with Crippen molar-refractivity contribution in [3.05, 3.63) is 101 Å². The summed E-state index contributed by atoms with van der Waals surface area (Å²) in [5.74, 6) is -4.62. The zero-order chi connectivity index (χ0) is 38.1. The van der Waals surface area contributed by atoms with Crippen LogP contribution in [0, 0.1) is 16.7 Å². The molecular weight excluding hydrogens is 680 g/mol. The molecule has 1 saturated heterocycles. The van der Waals surface area contributed by atoms with Crippen LogP contribution in [0.4, 0.5) is 0 Å². The molecule has 3 aromatic rings. The highest BCUT2D eigenvalue weighted by Gasteiger charge is 2.78. The van der Waals surface area contributed by atoms with Gasteiger partial charge >= 0.3 is 17.9 Å². The number of carbonyl (C=O) groups excluding carboxylic acids is 4. The van der Waals surface area contributed by atoms with E-state index >= 15 is 4.79 Å². The molecule has 53 heavy (non-hydrogen) atoms. The average molecular weight is 725 g/mol. The second kappa shape index (κ2) is 13.0. The molecule has 0 unspecified atom stereocenters. The van der Waals surface area contributed by atoms with E-state index in [0.717, 1.165) is 10.8 Å². The van der Waals surface area contributed by atoms with Crippen molar-refractivity contribution in [3.63, 3.8) is 0 Å². The zero-order valence-corrected chi connectivity index (χ0v) is 30.3. The first-order chi connectivity index (χ1) is 25.0. The van der Waals surface area contributed by atoms with E-state index in [-0.39, 0.29) is 30.6 Å². The lowest BCUT2D eigenvalue weighted by molar-refractivity contribution is -0.345. The second-order valence-corrected chi connectivity index (χ2v) is 15.5. The van der Waals surface area contributed by atoms with Crippen LogP contribution >= 0.6 is 0 Å². The van der Waals surface area contributed by atoms with Gasteiger partial charge in [-0.05, 0) is 65.6 Å². The number of ether oxygens (including phenoxy) is 4. The second-order valence-electron chi connectivity index (χ2n) is 15.5. The van der Waals surface area contributed by atoms with Gasteiger partial charge in [-0.3, -0.25) is 9.59 Å².